The lowest BCUT2D eigenvalue weighted by molar-refractivity contribution is 0.389. The molecule has 6 heteroatoms. The molecular formula is C11H16N4O2. The maximum absolute atomic E-state index is 5.29. The number of hydrogen-bond donors (Lipinski definition) is 1. The van der Waals surface area contributed by atoms with E-state index in [0.717, 1.165) is 17.0 Å². The van der Waals surface area contributed by atoms with E-state index in [1.807, 2.05) is 13.8 Å². The summed E-state index contributed by atoms with van der Waals surface area (Å²) in [7, 11) is 0. The number of nitrogens with one attached hydrogen (secondary N) is 1. The molecule has 2 heterocycles. The van der Waals surface area contributed by atoms with Crippen molar-refractivity contribution >= 4 is 0 Å². The van der Waals surface area contributed by atoms with E-state index >= 15 is 0 Å². The van der Waals surface area contributed by atoms with Crippen molar-refractivity contribution in [3.8, 4) is 0 Å². The SMILES string of the molecule is Cc1nnc(CNC(C)c2c(C)noc2C)o1. The Balaban J connectivity index is 2.00. The van der Waals surface area contributed by atoms with Gasteiger partial charge in [-0.2, -0.15) is 0 Å². The van der Waals surface area contributed by atoms with Crippen LogP contribution >= 0.6 is 0 Å². The van der Waals surface area contributed by atoms with Crippen molar-refractivity contribution in [2.24, 2.45) is 0 Å². The fraction of sp³-hybridized carbons (Fsp3) is 0.545. The zero-order chi connectivity index (χ0) is 12.4. The highest BCUT2D eigenvalue weighted by Crippen LogP contribution is 2.21. The molecule has 1 unspecified atom stereocenters. The normalized spacial score (nSPS) is 12.9. The summed E-state index contributed by atoms with van der Waals surface area (Å²) in [5.74, 6) is 2.00. The minimum Gasteiger partial charge on any atom is -0.424 e. The zero-order valence-electron chi connectivity index (χ0n) is 10.4. The van der Waals surface area contributed by atoms with Crippen LogP contribution < -0.4 is 5.32 Å². The molecule has 0 aromatic carbocycles. The second-order valence-corrected chi connectivity index (χ2v) is 4.06. The lowest BCUT2D eigenvalue weighted by Gasteiger charge is -2.11. The lowest BCUT2D eigenvalue weighted by atomic mass is 10.1. The number of hydrogen-bond acceptors (Lipinski definition) is 6. The Kier molecular flexibility index (Phi) is 3.23. The molecule has 2 aromatic rings. The summed E-state index contributed by atoms with van der Waals surface area (Å²) in [5, 5.41) is 14.9. The fourth-order valence-electron chi connectivity index (χ4n) is 1.86. The summed E-state index contributed by atoms with van der Waals surface area (Å²) >= 11 is 0. The van der Waals surface area contributed by atoms with Crippen LogP contribution in [0.1, 0.15) is 41.8 Å². The minimum absolute atomic E-state index is 0.133. The Bertz CT molecular complexity index is 484. The van der Waals surface area contributed by atoms with Crippen LogP contribution in [0, 0.1) is 20.8 Å². The Morgan fingerprint density at radius 1 is 1.24 bits per heavy atom. The molecule has 2 rings (SSSR count). The first kappa shape index (κ1) is 11.8. The van der Waals surface area contributed by atoms with Crippen molar-refractivity contribution in [1.29, 1.82) is 0 Å². The first-order chi connectivity index (χ1) is 8.08. The Morgan fingerprint density at radius 3 is 2.53 bits per heavy atom. The van der Waals surface area contributed by atoms with Crippen molar-refractivity contribution in [1.82, 2.24) is 20.7 Å². The molecule has 1 atom stereocenters. The molecule has 1 N–H and O–H groups in total. The molecule has 0 bridgehead atoms. The number of nitrogens with zero attached hydrogens (tertiary/aromatic N) is 3. The van der Waals surface area contributed by atoms with Crippen molar-refractivity contribution in [2.75, 3.05) is 0 Å². The monoisotopic (exact) mass is 236 g/mol. The summed E-state index contributed by atoms with van der Waals surface area (Å²) in [5.41, 5.74) is 1.99. The molecule has 0 saturated heterocycles. The molecule has 92 valence electrons. The van der Waals surface area contributed by atoms with Crippen LogP contribution in [0.2, 0.25) is 0 Å². The highest BCUT2D eigenvalue weighted by atomic mass is 16.5. The molecule has 17 heavy (non-hydrogen) atoms. The first-order valence-corrected chi connectivity index (χ1v) is 5.53. The predicted octanol–water partition coefficient (Wildman–Crippen LogP) is 1.83. The van der Waals surface area contributed by atoms with Crippen LogP contribution in [0.3, 0.4) is 0 Å². The molecule has 0 spiro atoms. The van der Waals surface area contributed by atoms with E-state index in [2.05, 4.69) is 27.6 Å². The molecular weight excluding hydrogens is 220 g/mol. The van der Waals surface area contributed by atoms with E-state index in [0.29, 0.717) is 18.3 Å². The summed E-state index contributed by atoms with van der Waals surface area (Å²) in [6.07, 6.45) is 0. The average Bonchev–Trinajstić information content (AvgIpc) is 2.83. The smallest absolute Gasteiger partial charge is 0.230 e. The van der Waals surface area contributed by atoms with E-state index in [1.165, 1.54) is 0 Å². The zero-order valence-corrected chi connectivity index (χ0v) is 10.4. The van der Waals surface area contributed by atoms with Crippen molar-refractivity contribution < 1.29 is 8.94 Å². The van der Waals surface area contributed by atoms with Crippen LogP contribution in [-0.4, -0.2) is 15.4 Å². The van der Waals surface area contributed by atoms with Gasteiger partial charge in [0, 0.05) is 18.5 Å². The summed E-state index contributed by atoms with van der Waals surface area (Å²) in [4.78, 5) is 0. The topological polar surface area (TPSA) is 77.0 Å². The molecule has 6 nitrogen and oxygen atoms in total. The molecule has 0 radical (unpaired) electrons. The summed E-state index contributed by atoms with van der Waals surface area (Å²) in [6.45, 7) is 8.20. The second-order valence-electron chi connectivity index (χ2n) is 4.06. The maximum Gasteiger partial charge on any atom is 0.230 e. The number of aryl methyl sites for hydroxylation is 3. The van der Waals surface area contributed by atoms with E-state index < -0.39 is 0 Å². The van der Waals surface area contributed by atoms with Crippen LogP contribution in [0.4, 0.5) is 0 Å². The van der Waals surface area contributed by atoms with Crippen molar-refractivity contribution in [3.63, 3.8) is 0 Å². The van der Waals surface area contributed by atoms with Gasteiger partial charge in [-0.3, -0.25) is 0 Å². The Labute approximate surface area is 99.4 Å². The minimum atomic E-state index is 0.133. The quantitative estimate of drug-likeness (QED) is 0.872. The predicted molar refractivity (Wildman–Crippen MR) is 60.3 cm³/mol. The molecule has 0 aliphatic heterocycles. The van der Waals surface area contributed by atoms with E-state index in [4.69, 9.17) is 8.94 Å². The van der Waals surface area contributed by atoms with Gasteiger partial charge in [0.05, 0.1) is 12.2 Å². The Hall–Kier alpha value is -1.69. The Morgan fingerprint density at radius 2 is 2.00 bits per heavy atom. The molecule has 0 aliphatic rings. The molecule has 0 aliphatic carbocycles. The number of rotatable bonds is 4. The maximum atomic E-state index is 5.29. The van der Waals surface area contributed by atoms with Gasteiger partial charge >= 0.3 is 0 Å². The molecule has 0 saturated carbocycles. The van der Waals surface area contributed by atoms with Gasteiger partial charge in [0.15, 0.2) is 0 Å². The summed E-state index contributed by atoms with van der Waals surface area (Å²) in [6, 6.07) is 0.133. The van der Waals surface area contributed by atoms with Gasteiger partial charge in [0.2, 0.25) is 11.8 Å². The van der Waals surface area contributed by atoms with Gasteiger partial charge in [-0.25, -0.2) is 0 Å². The van der Waals surface area contributed by atoms with Gasteiger partial charge in [0.25, 0.3) is 0 Å². The third kappa shape index (κ3) is 2.52. The first-order valence-electron chi connectivity index (χ1n) is 5.53. The van der Waals surface area contributed by atoms with Gasteiger partial charge in [-0.1, -0.05) is 5.16 Å². The lowest BCUT2D eigenvalue weighted by Crippen LogP contribution is -2.19. The standard InChI is InChI=1S/C11H16N4O2/c1-6(11-7(2)15-17-8(11)3)12-5-10-14-13-9(4)16-10/h6,12H,5H2,1-4H3. The fourth-order valence-corrected chi connectivity index (χ4v) is 1.86. The van der Waals surface area contributed by atoms with E-state index in [-0.39, 0.29) is 6.04 Å². The number of aromatic nitrogens is 3. The van der Waals surface area contributed by atoms with E-state index in [1.54, 1.807) is 6.92 Å². The van der Waals surface area contributed by atoms with Gasteiger partial charge < -0.3 is 14.3 Å². The van der Waals surface area contributed by atoms with Crippen molar-refractivity contribution in [2.45, 2.75) is 40.3 Å². The second kappa shape index (κ2) is 4.67. The molecule has 0 fully saturated rings. The average molecular weight is 236 g/mol. The highest BCUT2D eigenvalue weighted by Gasteiger charge is 2.16. The van der Waals surface area contributed by atoms with E-state index in [9.17, 15) is 0 Å². The van der Waals surface area contributed by atoms with Gasteiger partial charge in [-0.15, -0.1) is 10.2 Å². The highest BCUT2D eigenvalue weighted by molar-refractivity contribution is 5.24. The summed E-state index contributed by atoms with van der Waals surface area (Å²) < 4.78 is 10.4. The van der Waals surface area contributed by atoms with Crippen LogP contribution in [0.25, 0.3) is 0 Å². The van der Waals surface area contributed by atoms with Crippen LogP contribution in [-0.2, 0) is 6.54 Å². The largest absolute Gasteiger partial charge is 0.424 e. The van der Waals surface area contributed by atoms with Crippen molar-refractivity contribution in [3.05, 3.63) is 28.8 Å². The van der Waals surface area contributed by atoms with Crippen LogP contribution in [0.15, 0.2) is 8.94 Å². The molecule has 0 amide bonds. The third-order valence-corrected chi connectivity index (χ3v) is 2.65. The van der Waals surface area contributed by atoms with Crippen LogP contribution in [0.5, 0.6) is 0 Å². The van der Waals surface area contributed by atoms with Gasteiger partial charge in [0.1, 0.15) is 5.76 Å². The molecule has 2 aromatic heterocycles. The third-order valence-electron chi connectivity index (χ3n) is 2.65. The van der Waals surface area contributed by atoms with Gasteiger partial charge in [-0.05, 0) is 20.8 Å².